The Balaban J connectivity index is 1.81. The van der Waals surface area contributed by atoms with Crippen molar-refractivity contribution in [3.05, 3.63) is 64.1 Å². The van der Waals surface area contributed by atoms with Crippen LogP contribution in [0.25, 0.3) is 0 Å². The lowest BCUT2D eigenvalue weighted by atomic mass is 10.2. The molecule has 0 aromatic heterocycles. The first kappa shape index (κ1) is 15.6. The van der Waals surface area contributed by atoms with Crippen molar-refractivity contribution < 1.29 is 13.6 Å². The first-order chi connectivity index (χ1) is 10.0. The summed E-state index contributed by atoms with van der Waals surface area (Å²) in [6.45, 7) is 0.0867. The van der Waals surface area contributed by atoms with Crippen molar-refractivity contribution in [3.63, 3.8) is 0 Å². The molecule has 0 aliphatic heterocycles. The number of benzene rings is 2. The number of hydrogen-bond acceptors (Lipinski definition) is 2. The van der Waals surface area contributed by atoms with Crippen LogP contribution in [0, 0.1) is 11.6 Å². The van der Waals surface area contributed by atoms with Gasteiger partial charge < -0.3 is 10.6 Å². The average molecular weight is 355 g/mol. The summed E-state index contributed by atoms with van der Waals surface area (Å²) in [7, 11) is 0. The fraction of sp³-hybridized carbons (Fsp3) is 0.133. The van der Waals surface area contributed by atoms with Crippen molar-refractivity contribution in [2.24, 2.45) is 0 Å². The summed E-state index contributed by atoms with van der Waals surface area (Å²) >= 11 is 3.30. The fourth-order valence-electron chi connectivity index (χ4n) is 1.73. The summed E-state index contributed by atoms with van der Waals surface area (Å²) in [5.41, 5.74) is 0.855. The zero-order valence-corrected chi connectivity index (χ0v) is 12.6. The molecule has 2 N–H and O–H groups in total. The molecule has 0 atom stereocenters. The van der Waals surface area contributed by atoms with Crippen LogP contribution < -0.4 is 10.6 Å². The van der Waals surface area contributed by atoms with Gasteiger partial charge in [-0.05, 0) is 42.5 Å². The van der Waals surface area contributed by atoms with Gasteiger partial charge in [0.25, 0.3) is 0 Å². The second kappa shape index (κ2) is 7.28. The minimum absolute atomic E-state index is 0.00597. The number of hydrogen-bond donors (Lipinski definition) is 2. The Kier molecular flexibility index (Phi) is 5.41. The van der Waals surface area contributed by atoms with Gasteiger partial charge in [-0.1, -0.05) is 15.9 Å². The maximum absolute atomic E-state index is 13.4. The third kappa shape index (κ3) is 4.91. The van der Waals surface area contributed by atoms with Crippen molar-refractivity contribution in [1.82, 2.24) is 5.32 Å². The monoisotopic (exact) mass is 354 g/mol. The molecule has 3 nitrogen and oxygen atoms in total. The van der Waals surface area contributed by atoms with Crippen LogP contribution in [0.2, 0.25) is 0 Å². The van der Waals surface area contributed by atoms with Gasteiger partial charge >= 0.3 is 0 Å². The van der Waals surface area contributed by atoms with E-state index in [9.17, 15) is 13.6 Å². The van der Waals surface area contributed by atoms with E-state index in [0.717, 1.165) is 22.7 Å². The van der Waals surface area contributed by atoms with Crippen LogP contribution in [-0.4, -0.2) is 12.5 Å². The minimum Gasteiger partial charge on any atom is -0.325 e. The molecular weight excluding hydrogens is 342 g/mol. The molecule has 0 radical (unpaired) electrons. The molecule has 0 unspecified atom stereocenters. The number of halogens is 3. The summed E-state index contributed by atoms with van der Waals surface area (Å²) in [6, 6.07) is 10.4. The second-order valence-corrected chi connectivity index (χ2v) is 5.31. The second-order valence-electron chi connectivity index (χ2n) is 4.39. The predicted molar refractivity (Wildman–Crippen MR) is 80.8 cm³/mol. The first-order valence-corrected chi connectivity index (χ1v) is 7.04. The van der Waals surface area contributed by atoms with E-state index < -0.39 is 11.6 Å². The molecule has 0 aliphatic rings. The topological polar surface area (TPSA) is 41.1 Å². The molecule has 6 heteroatoms. The zero-order valence-electron chi connectivity index (χ0n) is 11.0. The summed E-state index contributed by atoms with van der Waals surface area (Å²) in [5.74, 6) is -1.26. The average Bonchev–Trinajstić information content (AvgIpc) is 2.45. The Bertz CT molecular complexity index is 632. The van der Waals surface area contributed by atoms with Gasteiger partial charge in [0.05, 0.1) is 6.54 Å². The summed E-state index contributed by atoms with van der Waals surface area (Å²) in [5, 5.41) is 5.46. The molecule has 2 rings (SSSR count). The van der Waals surface area contributed by atoms with Crippen molar-refractivity contribution in [2.45, 2.75) is 6.54 Å². The molecule has 110 valence electrons. The van der Waals surface area contributed by atoms with Gasteiger partial charge in [-0.15, -0.1) is 0 Å². The summed E-state index contributed by atoms with van der Waals surface area (Å²) < 4.78 is 27.3. The number of carbonyl (C=O) groups is 1. The highest BCUT2D eigenvalue weighted by Gasteiger charge is 2.06. The molecule has 0 spiro atoms. The molecular formula is C15H13BrF2N2O. The van der Waals surface area contributed by atoms with Crippen LogP contribution in [0.3, 0.4) is 0 Å². The summed E-state index contributed by atoms with van der Waals surface area (Å²) in [6.07, 6.45) is 0. The van der Waals surface area contributed by atoms with Crippen LogP contribution in [0.4, 0.5) is 14.5 Å². The van der Waals surface area contributed by atoms with Crippen molar-refractivity contribution in [3.8, 4) is 0 Å². The van der Waals surface area contributed by atoms with E-state index in [4.69, 9.17) is 0 Å². The van der Waals surface area contributed by atoms with E-state index in [0.29, 0.717) is 5.69 Å². The molecule has 0 bridgehead atoms. The van der Waals surface area contributed by atoms with E-state index in [-0.39, 0.29) is 24.6 Å². The van der Waals surface area contributed by atoms with Crippen LogP contribution in [0.5, 0.6) is 0 Å². The molecule has 0 fully saturated rings. The zero-order chi connectivity index (χ0) is 15.2. The molecule has 0 heterocycles. The third-order valence-corrected chi connectivity index (χ3v) is 3.27. The molecule has 0 saturated carbocycles. The summed E-state index contributed by atoms with van der Waals surface area (Å²) in [4.78, 5) is 11.7. The highest BCUT2D eigenvalue weighted by atomic mass is 79.9. The molecule has 2 aromatic rings. The van der Waals surface area contributed by atoms with Crippen LogP contribution in [-0.2, 0) is 11.3 Å². The van der Waals surface area contributed by atoms with Gasteiger partial charge in [0.15, 0.2) is 0 Å². The molecule has 1 amide bonds. The standard InChI is InChI=1S/C15H13BrF2N2O/c16-11-1-4-13(5-2-11)20-15(21)9-19-8-10-7-12(17)3-6-14(10)18/h1-7,19H,8-9H2,(H,20,21). The van der Waals surface area contributed by atoms with E-state index in [2.05, 4.69) is 26.6 Å². The fourth-order valence-corrected chi connectivity index (χ4v) is 1.99. The highest BCUT2D eigenvalue weighted by molar-refractivity contribution is 9.10. The Hall–Kier alpha value is -1.79. The lowest BCUT2D eigenvalue weighted by Crippen LogP contribution is -2.28. The van der Waals surface area contributed by atoms with E-state index in [1.54, 1.807) is 12.1 Å². The first-order valence-electron chi connectivity index (χ1n) is 6.24. The minimum atomic E-state index is -0.507. The number of nitrogens with one attached hydrogen (secondary N) is 2. The number of anilines is 1. The molecule has 0 saturated heterocycles. The van der Waals surface area contributed by atoms with Crippen molar-refractivity contribution in [1.29, 1.82) is 0 Å². The number of rotatable bonds is 5. The van der Waals surface area contributed by atoms with Gasteiger partial charge in [0.2, 0.25) is 5.91 Å². The predicted octanol–water partition coefficient (Wildman–Crippen LogP) is 3.46. The van der Waals surface area contributed by atoms with Gasteiger partial charge in [-0.3, -0.25) is 4.79 Å². The quantitative estimate of drug-likeness (QED) is 0.863. The van der Waals surface area contributed by atoms with E-state index in [1.807, 2.05) is 12.1 Å². The van der Waals surface area contributed by atoms with Crippen molar-refractivity contribution >= 4 is 27.5 Å². The van der Waals surface area contributed by atoms with Gasteiger partial charge in [0.1, 0.15) is 11.6 Å². The van der Waals surface area contributed by atoms with E-state index in [1.165, 1.54) is 0 Å². The third-order valence-electron chi connectivity index (χ3n) is 2.74. The van der Waals surface area contributed by atoms with Crippen LogP contribution >= 0.6 is 15.9 Å². The normalized spacial score (nSPS) is 10.4. The van der Waals surface area contributed by atoms with Gasteiger partial charge in [-0.25, -0.2) is 8.78 Å². The lowest BCUT2D eigenvalue weighted by molar-refractivity contribution is -0.115. The SMILES string of the molecule is O=C(CNCc1cc(F)ccc1F)Nc1ccc(Br)cc1. The van der Waals surface area contributed by atoms with Gasteiger partial charge in [-0.2, -0.15) is 0 Å². The Morgan fingerprint density at radius 2 is 1.81 bits per heavy atom. The number of carbonyl (C=O) groups excluding carboxylic acids is 1. The van der Waals surface area contributed by atoms with Crippen molar-refractivity contribution in [2.75, 3.05) is 11.9 Å². The maximum Gasteiger partial charge on any atom is 0.238 e. The molecule has 21 heavy (non-hydrogen) atoms. The maximum atomic E-state index is 13.4. The number of amides is 1. The highest BCUT2D eigenvalue weighted by Crippen LogP contribution is 2.14. The Labute approximate surface area is 129 Å². The van der Waals surface area contributed by atoms with E-state index >= 15 is 0 Å². The largest absolute Gasteiger partial charge is 0.325 e. The smallest absolute Gasteiger partial charge is 0.238 e. The Morgan fingerprint density at radius 1 is 1.10 bits per heavy atom. The molecule has 0 aliphatic carbocycles. The Morgan fingerprint density at radius 3 is 2.52 bits per heavy atom. The van der Waals surface area contributed by atoms with Gasteiger partial charge in [0, 0.05) is 22.3 Å². The van der Waals surface area contributed by atoms with Crippen LogP contribution in [0.15, 0.2) is 46.9 Å². The van der Waals surface area contributed by atoms with Crippen LogP contribution in [0.1, 0.15) is 5.56 Å². The lowest BCUT2D eigenvalue weighted by Gasteiger charge is -2.08. The molecule has 2 aromatic carbocycles.